The number of methoxy groups -OCH3 is 1. The summed E-state index contributed by atoms with van der Waals surface area (Å²) in [6, 6.07) is 4.93. The van der Waals surface area contributed by atoms with Crippen molar-refractivity contribution in [3.63, 3.8) is 0 Å². The molecule has 0 spiro atoms. The van der Waals surface area contributed by atoms with E-state index >= 15 is 0 Å². The Hall–Kier alpha value is -3.69. The van der Waals surface area contributed by atoms with Crippen LogP contribution >= 0.6 is 0 Å². The minimum atomic E-state index is -1.04. The minimum Gasteiger partial charge on any atom is -0.496 e. The number of carboxylic acid groups (broad SMARTS) is 1. The van der Waals surface area contributed by atoms with Gasteiger partial charge in [0, 0.05) is 18.3 Å². The predicted octanol–water partition coefficient (Wildman–Crippen LogP) is 4.67. The van der Waals surface area contributed by atoms with Crippen molar-refractivity contribution in [2.24, 2.45) is 5.92 Å². The zero-order chi connectivity index (χ0) is 24.5. The molecule has 0 radical (unpaired) electrons. The smallest absolute Gasteiger partial charge is 0.339 e. The van der Waals surface area contributed by atoms with Gasteiger partial charge in [-0.1, -0.05) is 26.2 Å². The molecule has 3 aromatic rings. The maximum Gasteiger partial charge on any atom is 0.339 e. The first-order valence-corrected chi connectivity index (χ1v) is 12.2. The summed E-state index contributed by atoms with van der Waals surface area (Å²) in [6.45, 7) is 5.05. The highest BCUT2D eigenvalue weighted by Gasteiger charge is 2.36. The summed E-state index contributed by atoms with van der Waals surface area (Å²) in [4.78, 5) is 23.3. The van der Waals surface area contributed by atoms with E-state index in [1.165, 1.54) is 45.3 Å². The van der Waals surface area contributed by atoms with Crippen molar-refractivity contribution < 1.29 is 14.6 Å². The van der Waals surface area contributed by atoms with Crippen LogP contribution in [0.15, 0.2) is 24.4 Å². The number of carboxylic acids is 1. The van der Waals surface area contributed by atoms with E-state index in [2.05, 4.69) is 36.9 Å². The lowest BCUT2D eigenvalue weighted by atomic mass is 9.88. The van der Waals surface area contributed by atoms with E-state index < -0.39 is 5.97 Å². The van der Waals surface area contributed by atoms with Gasteiger partial charge in [-0.15, -0.1) is 10.2 Å². The Morgan fingerprint density at radius 1 is 1.23 bits per heavy atom. The molecule has 0 bridgehead atoms. The lowest BCUT2D eigenvalue weighted by Crippen LogP contribution is -2.39. The third-order valence-electron chi connectivity index (χ3n) is 7.04. The van der Waals surface area contributed by atoms with Gasteiger partial charge in [-0.2, -0.15) is 4.98 Å². The number of carbonyl (C=O) groups is 1. The highest BCUT2D eigenvalue weighted by atomic mass is 16.5. The van der Waals surface area contributed by atoms with Gasteiger partial charge in [0.2, 0.25) is 5.95 Å². The van der Waals surface area contributed by atoms with Crippen LogP contribution in [0, 0.1) is 12.8 Å². The molecule has 0 unspecified atom stereocenters. The van der Waals surface area contributed by atoms with Crippen molar-refractivity contribution in [1.29, 1.82) is 0 Å². The van der Waals surface area contributed by atoms with Gasteiger partial charge in [-0.25, -0.2) is 9.78 Å². The van der Waals surface area contributed by atoms with Gasteiger partial charge < -0.3 is 20.1 Å². The monoisotopic (exact) mass is 477 g/mol. The maximum atomic E-state index is 11.4. The molecular weight excluding hydrogens is 446 g/mol. The summed E-state index contributed by atoms with van der Waals surface area (Å²) < 4.78 is 7.33. The van der Waals surface area contributed by atoms with E-state index in [9.17, 15) is 9.90 Å². The quantitative estimate of drug-likeness (QED) is 0.500. The van der Waals surface area contributed by atoms with Crippen LogP contribution in [0.5, 0.6) is 5.75 Å². The standard InChI is InChI=1S/C25H31N7O3/c1-4-19-23-30-29-15(2)32(23)20-13-26-25(27-17-10-11-18(24(33)34)21(12-17)35-3)28-22(20)31(19)14-16-8-6-5-7-9-16/h10-13,16,19H,4-9,14H2,1-3H3,(H,33,34)(H,26,27,28)/t19-/m0/s1. The molecule has 1 aliphatic carbocycles. The highest BCUT2D eigenvalue weighted by Crippen LogP contribution is 2.41. The number of nitrogens with zero attached hydrogens (tertiary/aromatic N) is 6. The van der Waals surface area contributed by atoms with Crippen LogP contribution in [-0.4, -0.2) is 49.5 Å². The molecule has 5 rings (SSSR count). The topological polar surface area (TPSA) is 118 Å². The molecule has 2 aliphatic rings. The first-order valence-electron chi connectivity index (χ1n) is 12.2. The summed E-state index contributed by atoms with van der Waals surface area (Å²) >= 11 is 0. The van der Waals surface area contributed by atoms with Gasteiger partial charge in [-0.3, -0.25) is 4.57 Å². The Morgan fingerprint density at radius 2 is 2.03 bits per heavy atom. The third kappa shape index (κ3) is 4.28. The van der Waals surface area contributed by atoms with Crippen molar-refractivity contribution in [1.82, 2.24) is 24.7 Å². The van der Waals surface area contributed by atoms with E-state index in [0.717, 1.165) is 36.1 Å². The van der Waals surface area contributed by atoms with Crippen molar-refractivity contribution in [2.75, 3.05) is 23.9 Å². The molecule has 2 aromatic heterocycles. The number of hydrogen-bond donors (Lipinski definition) is 2. The molecule has 184 valence electrons. The van der Waals surface area contributed by atoms with Gasteiger partial charge in [0.15, 0.2) is 11.6 Å². The summed E-state index contributed by atoms with van der Waals surface area (Å²) in [5.41, 5.74) is 1.63. The molecule has 35 heavy (non-hydrogen) atoms. The molecule has 3 heterocycles. The minimum absolute atomic E-state index is 0.0864. The van der Waals surface area contributed by atoms with Crippen LogP contribution in [0.25, 0.3) is 5.69 Å². The highest BCUT2D eigenvalue weighted by molar-refractivity contribution is 5.91. The Morgan fingerprint density at radius 3 is 2.74 bits per heavy atom. The number of nitrogens with one attached hydrogen (secondary N) is 1. The van der Waals surface area contributed by atoms with E-state index in [1.807, 2.05) is 13.1 Å². The lowest BCUT2D eigenvalue weighted by Gasteiger charge is -2.39. The maximum absolute atomic E-state index is 11.4. The second-order valence-corrected chi connectivity index (χ2v) is 9.27. The molecule has 1 atom stereocenters. The van der Waals surface area contributed by atoms with E-state index in [0.29, 0.717) is 17.6 Å². The second kappa shape index (κ2) is 9.52. The average Bonchev–Trinajstić information content (AvgIpc) is 3.25. The van der Waals surface area contributed by atoms with Crippen LogP contribution in [0.3, 0.4) is 0 Å². The van der Waals surface area contributed by atoms with Crippen LogP contribution < -0.4 is 15.0 Å². The normalized spacial score (nSPS) is 17.6. The van der Waals surface area contributed by atoms with E-state index in [-0.39, 0.29) is 17.4 Å². The van der Waals surface area contributed by atoms with Crippen molar-refractivity contribution in [3.05, 3.63) is 41.6 Å². The summed E-state index contributed by atoms with van der Waals surface area (Å²) in [5, 5.41) is 21.5. The molecule has 10 nitrogen and oxygen atoms in total. The van der Waals surface area contributed by atoms with Crippen molar-refractivity contribution in [3.8, 4) is 11.4 Å². The van der Waals surface area contributed by atoms with Gasteiger partial charge >= 0.3 is 5.97 Å². The Bertz CT molecular complexity index is 1240. The van der Waals surface area contributed by atoms with Gasteiger partial charge in [-0.05, 0) is 44.2 Å². The molecule has 1 aromatic carbocycles. The number of fused-ring (bicyclic) bond motifs is 3. The molecule has 1 fully saturated rings. The summed E-state index contributed by atoms with van der Waals surface area (Å²) in [5.74, 6) is 2.91. The van der Waals surface area contributed by atoms with E-state index in [4.69, 9.17) is 9.72 Å². The zero-order valence-electron chi connectivity index (χ0n) is 20.4. The molecule has 1 saturated carbocycles. The first kappa shape index (κ1) is 23.1. The van der Waals surface area contributed by atoms with Gasteiger partial charge in [0.25, 0.3) is 0 Å². The number of aromatic carboxylic acids is 1. The summed E-state index contributed by atoms with van der Waals surface area (Å²) in [6.07, 6.45) is 9.06. The number of aryl methyl sites for hydroxylation is 1. The number of anilines is 3. The molecular formula is C25H31N7O3. The molecule has 2 N–H and O–H groups in total. The predicted molar refractivity (Wildman–Crippen MR) is 132 cm³/mol. The third-order valence-corrected chi connectivity index (χ3v) is 7.04. The molecule has 0 saturated heterocycles. The van der Waals surface area contributed by atoms with Gasteiger partial charge in [0.1, 0.15) is 22.8 Å². The molecule has 10 heteroatoms. The van der Waals surface area contributed by atoms with Crippen LogP contribution in [0.1, 0.15) is 73.5 Å². The number of aromatic nitrogens is 5. The number of hydrogen-bond acceptors (Lipinski definition) is 8. The summed E-state index contributed by atoms with van der Waals surface area (Å²) in [7, 11) is 1.45. The Labute approximate surface area is 204 Å². The molecule has 1 aliphatic heterocycles. The Balaban J connectivity index is 1.53. The lowest BCUT2D eigenvalue weighted by molar-refractivity contribution is 0.0693. The fourth-order valence-corrected chi connectivity index (χ4v) is 5.31. The number of ether oxygens (including phenoxy) is 1. The largest absolute Gasteiger partial charge is 0.496 e. The van der Waals surface area contributed by atoms with Crippen LogP contribution in [-0.2, 0) is 0 Å². The number of rotatable bonds is 7. The zero-order valence-corrected chi connectivity index (χ0v) is 20.4. The van der Waals surface area contributed by atoms with Crippen molar-refractivity contribution >= 4 is 23.4 Å². The average molecular weight is 478 g/mol. The molecule has 0 amide bonds. The Kier molecular flexibility index (Phi) is 6.27. The van der Waals surface area contributed by atoms with Crippen molar-refractivity contribution in [2.45, 2.75) is 58.4 Å². The van der Waals surface area contributed by atoms with Crippen LogP contribution in [0.4, 0.5) is 17.5 Å². The SMILES string of the molecule is CC[C@H]1c2nnc(C)n2-c2cnc(Nc3ccc(C(=O)O)c(OC)c3)nc2N1CC1CCCCC1. The van der Waals surface area contributed by atoms with Gasteiger partial charge in [0.05, 0.1) is 19.3 Å². The van der Waals surface area contributed by atoms with Crippen LogP contribution in [0.2, 0.25) is 0 Å². The fourth-order valence-electron chi connectivity index (χ4n) is 5.31. The fraction of sp³-hybridized carbons (Fsp3) is 0.480. The number of benzene rings is 1. The van der Waals surface area contributed by atoms with E-state index in [1.54, 1.807) is 12.1 Å². The second-order valence-electron chi connectivity index (χ2n) is 9.27. The first-order chi connectivity index (χ1) is 17.0.